The van der Waals surface area contributed by atoms with Crippen molar-refractivity contribution in [2.75, 3.05) is 6.61 Å². The maximum atomic E-state index is 11.2. The van der Waals surface area contributed by atoms with Gasteiger partial charge >= 0.3 is 0 Å². The van der Waals surface area contributed by atoms with Crippen molar-refractivity contribution in [3.63, 3.8) is 0 Å². The smallest absolute Gasteiger partial charge is 0.270 e. The van der Waals surface area contributed by atoms with E-state index in [1.54, 1.807) is 13.8 Å². The van der Waals surface area contributed by atoms with Gasteiger partial charge in [0.05, 0.1) is 32.6 Å². The lowest BCUT2D eigenvalue weighted by atomic mass is 10.1. The molecule has 10 heteroatoms. The van der Waals surface area contributed by atoms with Gasteiger partial charge in [0.1, 0.15) is 0 Å². The fraction of sp³-hybridized carbons (Fsp3) is 0.440. The lowest BCUT2D eigenvalue weighted by Crippen LogP contribution is -2.26. The average molecular weight is 499 g/mol. The molecule has 2 aromatic rings. The zero-order valence-electron chi connectivity index (χ0n) is 21.8. The minimum Gasteiger partial charge on any atom is -0.418 e. The van der Waals surface area contributed by atoms with Gasteiger partial charge in [-0.3, -0.25) is 30.2 Å². The summed E-state index contributed by atoms with van der Waals surface area (Å²) in [4.78, 5) is 31.3. The molecular weight excluding hydrogens is 464 g/mol. The van der Waals surface area contributed by atoms with E-state index in [2.05, 4.69) is 19.6 Å². The van der Waals surface area contributed by atoms with Crippen LogP contribution in [0.5, 0.6) is 0 Å². The standard InChI is InChI=1S/C25H34N4O5Si/c1-16-12-21(28(30)31)13-17(2)24(16)26-20(5)23(10-9-11-34-35(6,7)8)27-25-18(3)14-22(29(32)33)15-19(25)4/h12-15H,9-11H2,1-8H3. The molecule has 0 aliphatic carbocycles. The minimum atomic E-state index is -1.65. The monoisotopic (exact) mass is 498 g/mol. The summed E-state index contributed by atoms with van der Waals surface area (Å²) in [6.07, 6.45) is 1.36. The molecule has 2 aromatic carbocycles. The molecule has 188 valence electrons. The Morgan fingerprint density at radius 1 is 0.829 bits per heavy atom. The molecule has 0 radical (unpaired) electrons. The third-order valence-electron chi connectivity index (χ3n) is 5.41. The predicted molar refractivity (Wildman–Crippen MR) is 144 cm³/mol. The van der Waals surface area contributed by atoms with Crippen molar-refractivity contribution in [3.8, 4) is 0 Å². The second-order valence-electron chi connectivity index (χ2n) is 9.69. The first-order chi connectivity index (χ1) is 16.2. The van der Waals surface area contributed by atoms with Gasteiger partial charge in [0, 0.05) is 30.9 Å². The van der Waals surface area contributed by atoms with Crippen LogP contribution in [-0.4, -0.2) is 36.2 Å². The SMILES string of the molecule is CC(=Nc1c(C)cc([N+](=O)[O-])cc1C)C(CCCO[Si](C)(C)C)=Nc1c(C)cc([N+](=O)[O-])cc1C. The summed E-state index contributed by atoms with van der Waals surface area (Å²) in [6, 6.07) is 6.08. The van der Waals surface area contributed by atoms with Gasteiger partial charge in [0.25, 0.3) is 11.4 Å². The second kappa shape index (κ2) is 11.5. The molecule has 0 heterocycles. The zero-order valence-corrected chi connectivity index (χ0v) is 22.8. The number of aryl methyl sites for hydroxylation is 4. The lowest BCUT2D eigenvalue weighted by molar-refractivity contribution is -0.385. The van der Waals surface area contributed by atoms with Crippen LogP contribution in [0.25, 0.3) is 0 Å². The Labute approximate surface area is 207 Å². The Morgan fingerprint density at radius 2 is 1.23 bits per heavy atom. The number of aliphatic imine (C=N–C) groups is 2. The molecule has 0 aliphatic heterocycles. The molecule has 0 atom stereocenters. The van der Waals surface area contributed by atoms with E-state index in [1.165, 1.54) is 24.3 Å². The summed E-state index contributed by atoms with van der Waals surface area (Å²) in [5, 5.41) is 22.4. The van der Waals surface area contributed by atoms with Crippen molar-refractivity contribution in [3.05, 3.63) is 66.7 Å². The van der Waals surface area contributed by atoms with Gasteiger partial charge < -0.3 is 4.43 Å². The first kappa shape index (κ1) is 28.0. The Morgan fingerprint density at radius 3 is 1.60 bits per heavy atom. The van der Waals surface area contributed by atoms with Gasteiger partial charge in [0.15, 0.2) is 8.32 Å². The van der Waals surface area contributed by atoms with Crippen LogP contribution in [0.2, 0.25) is 19.6 Å². The third-order valence-corrected chi connectivity index (χ3v) is 6.48. The molecule has 35 heavy (non-hydrogen) atoms. The van der Waals surface area contributed by atoms with Crippen molar-refractivity contribution in [1.82, 2.24) is 0 Å². The van der Waals surface area contributed by atoms with Crippen LogP contribution < -0.4 is 0 Å². The predicted octanol–water partition coefficient (Wildman–Crippen LogP) is 7.23. The number of hydrogen-bond acceptors (Lipinski definition) is 7. The number of rotatable bonds is 10. The quantitative estimate of drug-likeness (QED) is 0.112. The highest BCUT2D eigenvalue weighted by molar-refractivity contribution is 6.69. The molecule has 0 N–H and O–H groups in total. The Hall–Kier alpha value is -3.24. The summed E-state index contributed by atoms with van der Waals surface area (Å²) in [6.45, 7) is 16.1. The van der Waals surface area contributed by atoms with Crippen LogP contribution >= 0.6 is 0 Å². The van der Waals surface area contributed by atoms with Crippen molar-refractivity contribution in [1.29, 1.82) is 0 Å². The number of nitrogens with zero attached hydrogens (tertiary/aromatic N) is 4. The van der Waals surface area contributed by atoms with Crippen molar-refractivity contribution in [2.45, 2.75) is 67.1 Å². The molecule has 2 rings (SSSR count). The van der Waals surface area contributed by atoms with E-state index in [0.717, 1.165) is 12.1 Å². The molecule has 0 unspecified atom stereocenters. The second-order valence-corrected chi connectivity index (χ2v) is 14.2. The van der Waals surface area contributed by atoms with Crippen LogP contribution in [0.3, 0.4) is 0 Å². The summed E-state index contributed by atoms with van der Waals surface area (Å²) < 4.78 is 6.00. The molecule has 0 spiro atoms. The van der Waals surface area contributed by atoms with Gasteiger partial charge in [-0.25, -0.2) is 0 Å². The molecule has 0 aromatic heterocycles. The highest BCUT2D eigenvalue weighted by atomic mass is 28.4. The summed E-state index contributed by atoms with van der Waals surface area (Å²) in [7, 11) is -1.65. The highest BCUT2D eigenvalue weighted by Crippen LogP contribution is 2.31. The number of nitro benzene ring substituents is 2. The summed E-state index contributed by atoms with van der Waals surface area (Å²) >= 11 is 0. The van der Waals surface area contributed by atoms with Crippen LogP contribution in [-0.2, 0) is 4.43 Å². The van der Waals surface area contributed by atoms with Crippen molar-refractivity contribution >= 4 is 42.5 Å². The maximum absolute atomic E-state index is 11.2. The number of benzene rings is 2. The highest BCUT2D eigenvalue weighted by Gasteiger charge is 2.17. The van der Waals surface area contributed by atoms with Crippen LogP contribution in [0.15, 0.2) is 34.3 Å². The molecule has 0 fully saturated rings. The fourth-order valence-corrected chi connectivity index (χ4v) is 4.49. The van der Waals surface area contributed by atoms with Gasteiger partial charge in [-0.1, -0.05) is 0 Å². The van der Waals surface area contributed by atoms with E-state index >= 15 is 0 Å². The summed E-state index contributed by atoms with van der Waals surface area (Å²) in [5.41, 5.74) is 5.71. The van der Waals surface area contributed by atoms with Crippen LogP contribution in [0, 0.1) is 47.9 Å². The largest absolute Gasteiger partial charge is 0.418 e. The molecule has 0 bridgehead atoms. The van der Waals surface area contributed by atoms with Gasteiger partial charge in [-0.2, -0.15) is 0 Å². The molecule has 0 aliphatic rings. The first-order valence-corrected chi connectivity index (χ1v) is 14.9. The van der Waals surface area contributed by atoms with E-state index in [4.69, 9.17) is 14.4 Å². The van der Waals surface area contributed by atoms with Crippen molar-refractivity contribution in [2.24, 2.45) is 9.98 Å². The van der Waals surface area contributed by atoms with E-state index < -0.39 is 18.2 Å². The lowest BCUT2D eigenvalue weighted by Gasteiger charge is -2.17. The van der Waals surface area contributed by atoms with Gasteiger partial charge in [-0.15, -0.1) is 0 Å². The Kier molecular flexibility index (Phi) is 9.16. The molecule has 0 saturated carbocycles. The minimum absolute atomic E-state index is 0.0334. The molecule has 0 amide bonds. The van der Waals surface area contributed by atoms with E-state index in [1.807, 2.05) is 20.8 Å². The zero-order chi connectivity index (χ0) is 26.5. The third kappa shape index (κ3) is 7.90. The Balaban J connectivity index is 2.52. The van der Waals surface area contributed by atoms with Gasteiger partial charge in [-0.05, 0) is 89.4 Å². The van der Waals surface area contributed by atoms with E-state index in [-0.39, 0.29) is 11.4 Å². The van der Waals surface area contributed by atoms with E-state index in [9.17, 15) is 20.2 Å². The maximum Gasteiger partial charge on any atom is 0.270 e. The number of non-ortho nitro benzene ring substituents is 2. The number of hydrogen-bond donors (Lipinski definition) is 0. The molecular formula is C25H34N4O5Si. The summed E-state index contributed by atoms with van der Waals surface area (Å²) in [5.74, 6) is 0. The number of nitro groups is 2. The van der Waals surface area contributed by atoms with Crippen molar-refractivity contribution < 1.29 is 14.3 Å². The Bertz CT molecular complexity index is 1150. The molecule has 9 nitrogen and oxygen atoms in total. The first-order valence-electron chi connectivity index (χ1n) is 11.5. The van der Waals surface area contributed by atoms with Crippen LogP contribution in [0.1, 0.15) is 42.0 Å². The molecule has 0 saturated heterocycles. The fourth-order valence-electron chi connectivity index (χ4n) is 3.73. The van der Waals surface area contributed by atoms with Crippen LogP contribution in [0.4, 0.5) is 22.7 Å². The topological polar surface area (TPSA) is 120 Å². The normalized spacial score (nSPS) is 12.7. The average Bonchev–Trinajstić information content (AvgIpc) is 2.73. The van der Waals surface area contributed by atoms with Gasteiger partial charge in [0.2, 0.25) is 0 Å². The van der Waals surface area contributed by atoms with E-state index in [0.29, 0.717) is 52.4 Å².